The first-order valence-electron chi connectivity index (χ1n) is 5.50. The number of nitrogens with zero attached hydrogens (tertiary/aromatic N) is 2. The van der Waals surface area contributed by atoms with Crippen LogP contribution in [-0.2, 0) is 0 Å². The van der Waals surface area contributed by atoms with Gasteiger partial charge in [0.05, 0.1) is 17.1 Å². The molecule has 3 heteroatoms. The SMILES string of the molecule is C[C@H](N)c1nc2ccccc2n1C1CC1. The van der Waals surface area contributed by atoms with E-state index in [1.165, 1.54) is 18.4 Å². The number of rotatable bonds is 2. The molecule has 2 N–H and O–H groups in total. The lowest BCUT2D eigenvalue weighted by atomic mass is 10.3. The van der Waals surface area contributed by atoms with Crippen molar-refractivity contribution in [1.82, 2.24) is 9.55 Å². The van der Waals surface area contributed by atoms with E-state index in [4.69, 9.17) is 5.73 Å². The van der Waals surface area contributed by atoms with Gasteiger partial charge in [-0.2, -0.15) is 0 Å². The summed E-state index contributed by atoms with van der Waals surface area (Å²) in [5, 5.41) is 0. The van der Waals surface area contributed by atoms with E-state index in [1.807, 2.05) is 13.0 Å². The van der Waals surface area contributed by atoms with Crippen LogP contribution in [-0.4, -0.2) is 9.55 Å². The zero-order chi connectivity index (χ0) is 10.4. The van der Waals surface area contributed by atoms with Crippen LogP contribution in [0.4, 0.5) is 0 Å². The van der Waals surface area contributed by atoms with Gasteiger partial charge in [-0.05, 0) is 31.9 Å². The van der Waals surface area contributed by atoms with Gasteiger partial charge in [-0.3, -0.25) is 0 Å². The summed E-state index contributed by atoms with van der Waals surface area (Å²) in [5.41, 5.74) is 8.26. The van der Waals surface area contributed by atoms with Crippen LogP contribution in [0.25, 0.3) is 11.0 Å². The zero-order valence-corrected chi connectivity index (χ0v) is 8.85. The second-order valence-corrected chi connectivity index (χ2v) is 4.35. The van der Waals surface area contributed by atoms with Crippen LogP contribution in [0.15, 0.2) is 24.3 Å². The van der Waals surface area contributed by atoms with Gasteiger partial charge >= 0.3 is 0 Å². The van der Waals surface area contributed by atoms with Crippen molar-refractivity contribution >= 4 is 11.0 Å². The smallest absolute Gasteiger partial charge is 0.126 e. The van der Waals surface area contributed by atoms with E-state index in [2.05, 4.69) is 27.8 Å². The number of fused-ring (bicyclic) bond motifs is 1. The Bertz CT molecular complexity index is 495. The summed E-state index contributed by atoms with van der Waals surface area (Å²) in [4.78, 5) is 4.61. The van der Waals surface area contributed by atoms with Crippen molar-refractivity contribution in [3.05, 3.63) is 30.1 Å². The van der Waals surface area contributed by atoms with E-state index in [9.17, 15) is 0 Å². The standard InChI is InChI=1S/C12H15N3/c1-8(13)12-14-10-4-2-3-5-11(10)15(12)9-6-7-9/h2-5,8-9H,6-7,13H2,1H3/t8-/m0/s1. The molecule has 15 heavy (non-hydrogen) atoms. The number of imidazole rings is 1. The first-order valence-corrected chi connectivity index (χ1v) is 5.50. The number of hydrogen-bond donors (Lipinski definition) is 1. The van der Waals surface area contributed by atoms with Crippen LogP contribution in [0.5, 0.6) is 0 Å². The maximum absolute atomic E-state index is 5.96. The number of para-hydroxylation sites is 2. The average Bonchev–Trinajstić information content (AvgIpc) is 2.98. The summed E-state index contributed by atoms with van der Waals surface area (Å²) < 4.78 is 2.32. The molecule has 0 unspecified atom stereocenters. The van der Waals surface area contributed by atoms with Crippen LogP contribution in [0.2, 0.25) is 0 Å². The lowest BCUT2D eigenvalue weighted by Crippen LogP contribution is -2.12. The van der Waals surface area contributed by atoms with Gasteiger partial charge in [0, 0.05) is 6.04 Å². The van der Waals surface area contributed by atoms with Crippen molar-refractivity contribution in [2.45, 2.75) is 31.8 Å². The lowest BCUT2D eigenvalue weighted by Gasteiger charge is -2.09. The Labute approximate surface area is 88.9 Å². The molecule has 1 aromatic carbocycles. The normalized spacial score (nSPS) is 18.3. The highest BCUT2D eigenvalue weighted by Gasteiger charge is 2.28. The van der Waals surface area contributed by atoms with Gasteiger partial charge in [0.15, 0.2) is 0 Å². The summed E-state index contributed by atoms with van der Waals surface area (Å²) in [6.07, 6.45) is 2.53. The first-order chi connectivity index (χ1) is 7.27. The number of nitrogens with two attached hydrogens (primary N) is 1. The molecular formula is C12H15N3. The molecule has 0 bridgehead atoms. The molecular weight excluding hydrogens is 186 g/mol. The number of aromatic nitrogens is 2. The molecule has 78 valence electrons. The summed E-state index contributed by atoms with van der Waals surface area (Å²) in [6.45, 7) is 2.00. The minimum atomic E-state index is 0.0120. The maximum Gasteiger partial charge on any atom is 0.126 e. The highest BCUT2D eigenvalue weighted by atomic mass is 15.1. The van der Waals surface area contributed by atoms with E-state index in [0.29, 0.717) is 6.04 Å². The summed E-state index contributed by atoms with van der Waals surface area (Å²) in [7, 11) is 0. The molecule has 2 aromatic rings. The Morgan fingerprint density at radius 1 is 1.40 bits per heavy atom. The summed E-state index contributed by atoms with van der Waals surface area (Å²) >= 11 is 0. The van der Waals surface area contributed by atoms with Crippen LogP contribution in [0, 0.1) is 0 Å². The van der Waals surface area contributed by atoms with Crippen molar-refractivity contribution in [1.29, 1.82) is 0 Å². The molecule has 3 nitrogen and oxygen atoms in total. The Kier molecular flexibility index (Phi) is 1.83. The Morgan fingerprint density at radius 3 is 2.80 bits per heavy atom. The molecule has 1 aliphatic carbocycles. The van der Waals surface area contributed by atoms with E-state index >= 15 is 0 Å². The van der Waals surface area contributed by atoms with Crippen molar-refractivity contribution in [3.8, 4) is 0 Å². The van der Waals surface area contributed by atoms with Crippen LogP contribution in [0.1, 0.15) is 37.7 Å². The number of hydrogen-bond acceptors (Lipinski definition) is 2. The van der Waals surface area contributed by atoms with Crippen LogP contribution < -0.4 is 5.73 Å². The molecule has 1 aromatic heterocycles. The summed E-state index contributed by atoms with van der Waals surface area (Å²) in [5.74, 6) is 1.03. The lowest BCUT2D eigenvalue weighted by molar-refractivity contribution is 0.639. The van der Waals surface area contributed by atoms with Gasteiger partial charge in [-0.1, -0.05) is 12.1 Å². The Balaban J connectivity index is 2.28. The molecule has 0 spiro atoms. The van der Waals surface area contributed by atoms with Crippen molar-refractivity contribution < 1.29 is 0 Å². The van der Waals surface area contributed by atoms with Gasteiger partial charge in [-0.25, -0.2) is 4.98 Å². The van der Waals surface area contributed by atoms with Crippen molar-refractivity contribution in [3.63, 3.8) is 0 Å². The first kappa shape index (κ1) is 8.92. The van der Waals surface area contributed by atoms with Gasteiger partial charge in [0.25, 0.3) is 0 Å². The van der Waals surface area contributed by atoms with Gasteiger partial charge in [0.1, 0.15) is 5.82 Å². The maximum atomic E-state index is 5.96. The van der Waals surface area contributed by atoms with Crippen LogP contribution in [0.3, 0.4) is 0 Å². The molecule has 0 amide bonds. The minimum Gasteiger partial charge on any atom is -0.324 e. The van der Waals surface area contributed by atoms with E-state index < -0.39 is 0 Å². The molecule has 1 atom stereocenters. The third kappa shape index (κ3) is 1.35. The Morgan fingerprint density at radius 2 is 2.13 bits per heavy atom. The topological polar surface area (TPSA) is 43.8 Å². The molecule has 0 aliphatic heterocycles. The van der Waals surface area contributed by atoms with E-state index in [1.54, 1.807) is 0 Å². The van der Waals surface area contributed by atoms with E-state index in [-0.39, 0.29) is 6.04 Å². The predicted molar refractivity (Wildman–Crippen MR) is 60.6 cm³/mol. The second kappa shape index (κ2) is 3.07. The molecule has 1 saturated carbocycles. The van der Waals surface area contributed by atoms with Crippen LogP contribution >= 0.6 is 0 Å². The van der Waals surface area contributed by atoms with Crippen molar-refractivity contribution in [2.24, 2.45) is 5.73 Å². The fourth-order valence-corrected chi connectivity index (χ4v) is 2.10. The third-order valence-electron chi connectivity index (χ3n) is 2.94. The van der Waals surface area contributed by atoms with Gasteiger partial charge in [-0.15, -0.1) is 0 Å². The molecule has 1 heterocycles. The van der Waals surface area contributed by atoms with Gasteiger partial charge in [0.2, 0.25) is 0 Å². The fourth-order valence-electron chi connectivity index (χ4n) is 2.10. The minimum absolute atomic E-state index is 0.0120. The molecule has 1 fully saturated rings. The molecule has 0 saturated heterocycles. The molecule has 0 radical (unpaired) electrons. The van der Waals surface area contributed by atoms with Crippen molar-refractivity contribution in [2.75, 3.05) is 0 Å². The summed E-state index contributed by atoms with van der Waals surface area (Å²) in [6, 6.07) is 8.93. The highest BCUT2D eigenvalue weighted by Crippen LogP contribution is 2.39. The zero-order valence-electron chi connectivity index (χ0n) is 8.85. The third-order valence-corrected chi connectivity index (χ3v) is 2.94. The average molecular weight is 201 g/mol. The predicted octanol–water partition coefficient (Wildman–Crippen LogP) is 2.39. The van der Waals surface area contributed by atoms with Gasteiger partial charge < -0.3 is 10.3 Å². The van der Waals surface area contributed by atoms with E-state index in [0.717, 1.165) is 11.3 Å². The monoisotopic (exact) mass is 201 g/mol. The molecule has 1 aliphatic rings. The number of benzene rings is 1. The Hall–Kier alpha value is -1.35. The highest BCUT2D eigenvalue weighted by molar-refractivity contribution is 5.76. The second-order valence-electron chi connectivity index (χ2n) is 4.35. The largest absolute Gasteiger partial charge is 0.324 e. The quantitative estimate of drug-likeness (QED) is 0.810. The fraction of sp³-hybridized carbons (Fsp3) is 0.417. The molecule has 3 rings (SSSR count).